The molecule has 0 radical (unpaired) electrons. The zero-order valence-electron chi connectivity index (χ0n) is 10.4. The van der Waals surface area contributed by atoms with Crippen LogP contribution in [0.2, 0.25) is 0 Å². The Bertz CT molecular complexity index is 159. The molecule has 90 valence electrons. The Morgan fingerprint density at radius 3 is 2.53 bits per heavy atom. The van der Waals surface area contributed by atoms with Crippen molar-refractivity contribution in [3.63, 3.8) is 0 Å². The Balaban J connectivity index is 1.92. The molecule has 3 heteroatoms. The van der Waals surface area contributed by atoms with Crippen LogP contribution in [0.25, 0.3) is 0 Å². The Hall–Kier alpha value is -0.120. The van der Waals surface area contributed by atoms with Crippen molar-refractivity contribution in [1.29, 1.82) is 0 Å². The first-order valence-electron chi connectivity index (χ1n) is 6.15. The minimum atomic E-state index is 0.231. The molecule has 15 heavy (non-hydrogen) atoms. The van der Waals surface area contributed by atoms with Gasteiger partial charge in [-0.15, -0.1) is 0 Å². The molecule has 2 N–H and O–H groups in total. The maximum Gasteiger partial charge on any atom is 0.0599 e. The Labute approximate surface area is 94.0 Å². The van der Waals surface area contributed by atoms with Crippen molar-refractivity contribution >= 4 is 0 Å². The van der Waals surface area contributed by atoms with Crippen LogP contribution in [0.1, 0.15) is 40.0 Å². The largest absolute Gasteiger partial charge is 0.378 e. The number of hydrogen-bond acceptors (Lipinski definition) is 3. The van der Waals surface area contributed by atoms with Gasteiger partial charge in [-0.2, -0.15) is 0 Å². The quantitative estimate of drug-likeness (QED) is 0.681. The van der Waals surface area contributed by atoms with E-state index in [0.717, 1.165) is 32.7 Å². The van der Waals surface area contributed by atoms with Gasteiger partial charge < -0.3 is 15.4 Å². The summed E-state index contributed by atoms with van der Waals surface area (Å²) in [5.74, 6) is 0. The van der Waals surface area contributed by atoms with Gasteiger partial charge in [0.15, 0.2) is 0 Å². The predicted molar refractivity (Wildman–Crippen MR) is 64.2 cm³/mol. The second kappa shape index (κ2) is 6.46. The summed E-state index contributed by atoms with van der Waals surface area (Å²) >= 11 is 0. The lowest BCUT2D eigenvalue weighted by atomic mass is 10.1. The first-order chi connectivity index (χ1) is 7.08. The van der Waals surface area contributed by atoms with E-state index >= 15 is 0 Å². The third-order valence-electron chi connectivity index (χ3n) is 2.62. The lowest BCUT2D eigenvalue weighted by Crippen LogP contribution is -2.37. The van der Waals surface area contributed by atoms with Gasteiger partial charge in [-0.25, -0.2) is 0 Å². The van der Waals surface area contributed by atoms with Crippen LogP contribution in [-0.2, 0) is 4.74 Å². The zero-order valence-corrected chi connectivity index (χ0v) is 10.4. The minimum absolute atomic E-state index is 0.231. The highest BCUT2D eigenvalue weighted by Gasteiger charge is 2.13. The van der Waals surface area contributed by atoms with Crippen LogP contribution >= 0.6 is 0 Å². The van der Waals surface area contributed by atoms with Gasteiger partial charge in [0, 0.05) is 12.1 Å². The Kier molecular flexibility index (Phi) is 5.58. The van der Waals surface area contributed by atoms with Crippen molar-refractivity contribution in [3.8, 4) is 0 Å². The normalized spacial score (nSPS) is 19.4. The molecule has 1 fully saturated rings. The summed E-state index contributed by atoms with van der Waals surface area (Å²) < 4.78 is 5.82. The molecule has 0 unspecified atom stereocenters. The van der Waals surface area contributed by atoms with E-state index in [9.17, 15) is 0 Å². The van der Waals surface area contributed by atoms with Crippen LogP contribution in [0.5, 0.6) is 0 Å². The van der Waals surface area contributed by atoms with Gasteiger partial charge in [-0.3, -0.25) is 0 Å². The van der Waals surface area contributed by atoms with Crippen molar-refractivity contribution in [3.05, 3.63) is 0 Å². The van der Waals surface area contributed by atoms with Gasteiger partial charge in [0.2, 0.25) is 0 Å². The molecule has 1 heterocycles. The smallest absolute Gasteiger partial charge is 0.0599 e. The summed E-state index contributed by atoms with van der Waals surface area (Å²) in [6.07, 6.45) is 3.96. The van der Waals surface area contributed by atoms with E-state index in [1.165, 1.54) is 12.8 Å². The lowest BCUT2D eigenvalue weighted by Gasteiger charge is -2.24. The first kappa shape index (κ1) is 12.9. The van der Waals surface area contributed by atoms with Crippen LogP contribution in [0.15, 0.2) is 0 Å². The van der Waals surface area contributed by atoms with E-state index < -0.39 is 0 Å². The van der Waals surface area contributed by atoms with Gasteiger partial charge >= 0.3 is 0 Å². The summed E-state index contributed by atoms with van der Waals surface area (Å²) in [7, 11) is 0. The van der Waals surface area contributed by atoms with Gasteiger partial charge in [0.05, 0.1) is 6.10 Å². The molecule has 0 aromatic rings. The fourth-order valence-corrected chi connectivity index (χ4v) is 1.75. The molecule has 0 saturated carbocycles. The Morgan fingerprint density at radius 1 is 1.27 bits per heavy atom. The number of piperidine rings is 1. The summed E-state index contributed by atoms with van der Waals surface area (Å²) in [5, 5.41) is 6.81. The molecule has 1 aliphatic rings. The summed E-state index contributed by atoms with van der Waals surface area (Å²) in [6, 6.07) is 0. The monoisotopic (exact) mass is 214 g/mol. The second-order valence-electron chi connectivity index (χ2n) is 5.35. The maximum absolute atomic E-state index is 5.82. The van der Waals surface area contributed by atoms with Crippen LogP contribution in [0.4, 0.5) is 0 Å². The Morgan fingerprint density at radius 2 is 1.93 bits per heavy atom. The van der Waals surface area contributed by atoms with Crippen LogP contribution in [-0.4, -0.2) is 37.9 Å². The molecule has 0 atom stereocenters. The van der Waals surface area contributed by atoms with E-state index in [-0.39, 0.29) is 5.54 Å². The highest BCUT2D eigenvalue weighted by atomic mass is 16.5. The van der Waals surface area contributed by atoms with Gasteiger partial charge in [-0.05, 0) is 59.7 Å². The highest BCUT2D eigenvalue weighted by molar-refractivity contribution is 4.70. The van der Waals surface area contributed by atoms with Crippen LogP contribution in [0.3, 0.4) is 0 Å². The summed E-state index contributed by atoms with van der Waals surface area (Å²) in [5.41, 5.74) is 0.231. The topological polar surface area (TPSA) is 33.3 Å². The third-order valence-corrected chi connectivity index (χ3v) is 2.62. The third kappa shape index (κ3) is 6.88. The van der Waals surface area contributed by atoms with Crippen molar-refractivity contribution in [1.82, 2.24) is 10.6 Å². The van der Waals surface area contributed by atoms with Gasteiger partial charge in [-0.1, -0.05) is 0 Å². The highest BCUT2D eigenvalue weighted by Crippen LogP contribution is 2.07. The molecule has 0 bridgehead atoms. The number of nitrogens with one attached hydrogen (secondary N) is 2. The summed E-state index contributed by atoms with van der Waals surface area (Å²) in [6.45, 7) is 10.8. The molecule has 3 nitrogen and oxygen atoms in total. The predicted octanol–water partition coefficient (Wildman–Crippen LogP) is 1.53. The average molecular weight is 214 g/mol. The van der Waals surface area contributed by atoms with Crippen LogP contribution in [0, 0.1) is 0 Å². The fraction of sp³-hybridized carbons (Fsp3) is 1.00. The van der Waals surface area contributed by atoms with Crippen molar-refractivity contribution in [2.45, 2.75) is 51.7 Å². The zero-order chi connectivity index (χ0) is 11.1. The molecule has 0 spiro atoms. The number of hydrogen-bond donors (Lipinski definition) is 2. The number of ether oxygens (including phenoxy) is 1. The van der Waals surface area contributed by atoms with Crippen LogP contribution < -0.4 is 10.6 Å². The SMILES string of the molecule is CC(C)(C)NCCCOC1CCNCC1. The summed E-state index contributed by atoms with van der Waals surface area (Å²) in [4.78, 5) is 0. The maximum atomic E-state index is 5.82. The van der Waals surface area contributed by atoms with Crippen molar-refractivity contribution in [2.24, 2.45) is 0 Å². The van der Waals surface area contributed by atoms with E-state index in [1.54, 1.807) is 0 Å². The van der Waals surface area contributed by atoms with Gasteiger partial charge in [0.25, 0.3) is 0 Å². The fourth-order valence-electron chi connectivity index (χ4n) is 1.75. The number of rotatable bonds is 5. The average Bonchev–Trinajstić information content (AvgIpc) is 2.17. The van der Waals surface area contributed by atoms with E-state index in [0.29, 0.717) is 6.10 Å². The molecule has 0 aromatic carbocycles. The van der Waals surface area contributed by atoms with Gasteiger partial charge in [0.1, 0.15) is 0 Å². The molecule has 1 aliphatic heterocycles. The molecule has 1 rings (SSSR count). The first-order valence-corrected chi connectivity index (χ1v) is 6.15. The molecule has 0 amide bonds. The molecule has 1 saturated heterocycles. The molecule has 0 aliphatic carbocycles. The molecular weight excluding hydrogens is 188 g/mol. The second-order valence-corrected chi connectivity index (χ2v) is 5.35. The molecular formula is C12H26N2O. The van der Waals surface area contributed by atoms with E-state index in [1.807, 2.05) is 0 Å². The van der Waals surface area contributed by atoms with Crippen molar-refractivity contribution < 1.29 is 4.74 Å². The van der Waals surface area contributed by atoms with E-state index in [2.05, 4.69) is 31.4 Å². The standard InChI is InChI=1S/C12H26N2O/c1-12(2,3)14-7-4-10-15-11-5-8-13-9-6-11/h11,13-14H,4-10H2,1-3H3. The van der Waals surface area contributed by atoms with Crippen molar-refractivity contribution in [2.75, 3.05) is 26.2 Å². The van der Waals surface area contributed by atoms with E-state index in [4.69, 9.17) is 4.74 Å². The lowest BCUT2D eigenvalue weighted by molar-refractivity contribution is 0.0313. The minimum Gasteiger partial charge on any atom is -0.378 e. The molecule has 0 aromatic heterocycles.